The molecule has 116 valence electrons. The topological polar surface area (TPSA) is 44.7 Å². The molecule has 2 aromatic rings. The van der Waals surface area contributed by atoms with Crippen LogP contribution in [-0.2, 0) is 12.2 Å². The van der Waals surface area contributed by atoms with Crippen LogP contribution in [0.3, 0.4) is 0 Å². The molecule has 0 spiro atoms. The molecule has 3 rings (SSSR count). The molecule has 0 radical (unpaired) electrons. The number of nitrogens with one attached hydrogen (secondary N) is 1. The summed E-state index contributed by atoms with van der Waals surface area (Å²) in [5, 5.41) is 14.7. The van der Waals surface area contributed by atoms with Gasteiger partial charge in [-0.25, -0.2) is 0 Å². The van der Waals surface area contributed by atoms with Crippen LogP contribution in [0.1, 0.15) is 16.7 Å². The van der Waals surface area contributed by atoms with Gasteiger partial charge in [-0.2, -0.15) is 0 Å². The van der Waals surface area contributed by atoms with Gasteiger partial charge in [0.2, 0.25) is 0 Å². The summed E-state index contributed by atoms with van der Waals surface area (Å²) in [6, 6.07) is 13.8. The number of hydrogen-bond donors (Lipinski definition) is 2. The molecular formula is C18H22N2O2. The Morgan fingerprint density at radius 3 is 2.68 bits per heavy atom. The van der Waals surface area contributed by atoms with Crippen LogP contribution in [0.2, 0.25) is 0 Å². The number of rotatable bonds is 3. The zero-order valence-electron chi connectivity index (χ0n) is 13.3. The molecule has 0 amide bonds. The van der Waals surface area contributed by atoms with Gasteiger partial charge in [0.1, 0.15) is 18.0 Å². The lowest BCUT2D eigenvalue weighted by Crippen LogP contribution is -2.39. The minimum Gasteiger partial charge on any atom is -0.488 e. The molecule has 1 aliphatic rings. The normalized spacial score (nSPS) is 19.9. The van der Waals surface area contributed by atoms with Gasteiger partial charge in [-0.3, -0.25) is 0 Å². The van der Waals surface area contributed by atoms with Crippen molar-refractivity contribution in [1.82, 2.24) is 4.90 Å². The zero-order valence-corrected chi connectivity index (χ0v) is 13.3. The molecule has 1 aliphatic heterocycles. The van der Waals surface area contributed by atoms with Gasteiger partial charge in [-0.15, -0.1) is 0 Å². The standard InChI is InChI=1S/C18H22N2O2/c1-19-14-9-8-13-11-22-17-7-5-4-6-15(17)18(21,12-20(2)3)16(13)10-14/h4-10,19,21H,11-12H2,1-3H3. The van der Waals surface area contributed by atoms with E-state index in [1.165, 1.54) is 0 Å². The highest BCUT2D eigenvalue weighted by atomic mass is 16.5. The number of anilines is 1. The number of likely N-dealkylation sites (N-methyl/N-ethyl adjacent to an activating group) is 1. The fourth-order valence-electron chi connectivity index (χ4n) is 3.11. The maximum Gasteiger partial charge on any atom is 0.131 e. The summed E-state index contributed by atoms with van der Waals surface area (Å²) in [4.78, 5) is 2.00. The van der Waals surface area contributed by atoms with E-state index in [9.17, 15) is 5.11 Å². The lowest BCUT2D eigenvalue weighted by Gasteiger charge is -2.32. The Balaban J connectivity index is 2.24. The van der Waals surface area contributed by atoms with Gasteiger partial charge >= 0.3 is 0 Å². The second kappa shape index (κ2) is 5.63. The Bertz CT molecular complexity index is 685. The summed E-state index contributed by atoms with van der Waals surface area (Å²) in [5.41, 5.74) is 2.61. The van der Waals surface area contributed by atoms with Crippen LogP contribution in [0.25, 0.3) is 0 Å². The molecule has 0 aliphatic carbocycles. The van der Waals surface area contributed by atoms with Crippen LogP contribution in [0.4, 0.5) is 5.69 Å². The highest BCUT2D eigenvalue weighted by molar-refractivity contribution is 5.56. The highest BCUT2D eigenvalue weighted by Crippen LogP contribution is 2.41. The quantitative estimate of drug-likeness (QED) is 0.913. The van der Waals surface area contributed by atoms with Crippen molar-refractivity contribution in [3.8, 4) is 5.75 Å². The van der Waals surface area contributed by atoms with E-state index in [4.69, 9.17) is 4.74 Å². The summed E-state index contributed by atoms with van der Waals surface area (Å²) in [6.07, 6.45) is 0. The number of fused-ring (bicyclic) bond motifs is 2. The average molecular weight is 298 g/mol. The Labute approximate surface area is 131 Å². The molecule has 0 fully saturated rings. The molecule has 4 heteroatoms. The fourth-order valence-corrected chi connectivity index (χ4v) is 3.11. The maximum atomic E-state index is 11.6. The summed E-state index contributed by atoms with van der Waals surface area (Å²) in [5.74, 6) is 0.744. The third-order valence-corrected chi connectivity index (χ3v) is 4.10. The number of aliphatic hydroxyl groups is 1. The molecule has 0 bridgehead atoms. The molecule has 4 nitrogen and oxygen atoms in total. The van der Waals surface area contributed by atoms with Crippen LogP contribution >= 0.6 is 0 Å². The van der Waals surface area contributed by atoms with Gasteiger partial charge < -0.3 is 20.1 Å². The summed E-state index contributed by atoms with van der Waals surface area (Å²) in [7, 11) is 5.82. The molecule has 2 aromatic carbocycles. The van der Waals surface area contributed by atoms with Crippen LogP contribution in [-0.4, -0.2) is 37.7 Å². The smallest absolute Gasteiger partial charge is 0.131 e. The lowest BCUT2D eigenvalue weighted by molar-refractivity contribution is 0.0508. The monoisotopic (exact) mass is 298 g/mol. The van der Waals surface area contributed by atoms with Crippen molar-refractivity contribution >= 4 is 5.69 Å². The van der Waals surface area contributed by atoms with Gasteiger partial charge in [-0.1, -0.05) is 24.3 Å². The lowest BCUT2D eigenvalue weighted by atomic mass is 9.83. The van der Waals surface area contributed by atoms with Crippen LogP contribution in [0.15, 0.2) is 42.5 Å². The van der Waals surface area contributed by atoms with E-state index in [0.717, 1.165) is 28.1 Å². The Hall–Kier alpha value is -2.04. The summed E-state index contributed by atoms with van der Waals surface area (Å²) < 4.78 is 5.93. The number of para-hydroxylation sites is 1. The molecule has 0 saturated heterocycles. The maximum absolute atomic E-state index is 11.6. The van der Waals surface area contributed by atoms with E-state index >= 15 is 0 Å². The average Bonchev–Trinajstić information content (AvgIpc) is 2.63. The molecular weight excluding hydrogens is 276 g/mol. The minimum atomic E-state index is -1.10. The molecule has 2 N–H and O–H groups in total. The first-order valence-electron chi connectivity index (χ1n) is 7.45. The molecule has 22 heavy (non-hydrogen) atoms. The molecule has 0 saturated carbocycles. The third-order valence-electron chi connectivity index (χ3n) is 4.10. The third kappa shape index (κ3) is 2.45. The van der Waals surface area contributed by atoms with E-state index in [0.29, 0.717) is 13.2 Å². The second-order valence-electron chi connectivity index (χ2n) is 6.00. The highest BCUT2D eigenvalue weighted by Gasteiger charge is 2.38. The first-order valence-corrected chi connectivity index (χ1v) is 7.45. The number of hydrogen-bond acceptors (Lipinski definition) is 4. The Morgan fingerprint density at radius 1 is 1.18 bits per heavy atom. The van der Waals surface area contributed by atoms with E-state index in [-0.39, 0.29) is 0 Å². The predicted octanol–water partition coefficient (Wildman–Crippen LogP) is 2.42. The first kappa shape index (κ1) is 14.9. The minimum absolute atomic E-state index is 0.464. The Morgan fingerprint density at radius 2 is 1.95 bits per heavy atom. The second-order valence-corrected chi connectivity index (χ2v) is 6.00. The van der Waals surface area contributed by atoms with Crippen LogP contribution in [0, 0.1) is 0 Å². The van der Waals surface area contributed by atoms with Gasteiger partial charge in [-0.05, 0) is 43.4 Å². The molecule has 1 atom stereocenters. The number of benzene rings is 2. The van der Waals surface area contributed by atoms with E-state index in [2.05, 4.69) is 5.32 Å². The van der Waals surface area contributed by atoms with Gasteiger partial charge in [0.15, 0.2) is 0 Å². The SMILES string of the molecule is CNc1ccc2c(c1)C(O)(CN(C)C)c1ccccc1OC2. The van der Waals surface area contributed by atoms with E-state index in [1.54, 1.807) is 0 Å². The number of nitrogens with zero attached hydrogens (tertiary/aromatic N) is 1. The van der Waals surface area contributed by atoms with Crippen molar-refractivity contribution in [2.75, 3.05) is 33.0 Å². The number of ether oxygens (including phenoxy) is 1. The van der Waals surface area contributed by atoms with Crippen LogP contribution < -0.4 is 10.1 Å². The van der Waals surface area contributed by atoms with Crippen molar-refractivity contribution in [2.45, 2.75) is 12.2 Å². The molecule has 1 heterocycles. The van der Waals surface area contributed by atoms with Crippen molar-refractivity contribution in [2.24, 2.45) is 0 Å². The van der Waals surface area contributed by atoms with E-state index in [1.807, 2.05) is 68.5 Å². The van der Waals surface area contributed by atoms with Crippen molar-refractivity contribution < 1.29 is 9.84 Å². The van der Waals surface area contributed by atoms with Gasteiger partial charge in [0.25, 0.3) is 0 Å². The van der Waals surface area contributed by atoms with Gasteiger partial charge in [0, 0.05) is 24.8 Å². The molecule has 1 unspecified atom stereocenters. The summed E-state index contributed by atoms with van der Waals surface area (Å²) >= 11 is 0. The predicted molar refractivity (Wildman–Crippen MR) is 88.3 cm³/mol. The van der Waals surface area contributed by atoms with Gasteiger partial charge in [0.05, 0.1) is 0 Å². The molecule has 0 aromatic heterocycles. The Kier molecular flexibility index (Phi) is 3.81. The fraction of sp³-hybridized carbons (Fsp3) is 0.333. The van der Waals surface area contributed by atoms with Crippen molar-refractivity contribution in [1.29, 1.82) is 0 Å². The van der Waals surface area contributed by atoms with Crippen LogP contribution in [0.5, 0.6) is 5.75 Å². The zero-order chi connectivity index (χ0) is 15.7. The largest absolute Gasteiger partial charge is 0.488 e. The van der Waals surface area contributed by atoms with Crippen molar-refractivity contribution in [3.63, 3.8) is 0 Å². The first-order chi connectivity index (χ1) is 10.5. The van der Waals surface area contributed by atoms with E-state index < -0.39 is 5.60 Å². The van der Waals surface area contributed by atoms with Crippen molar-refractivity contribution in [3.05, 3.63) is 59.2 Å². The summed E-state index contributed by atoms with van der Waals surface area (Å²) in [6.45, 7) is 0.958.